The van der Waals surface area contributed by atoms with Crippen molar-refractivity contribution < 1.29 is 20.1 Å². The zero-order chi connectivity index (χ0) is 38.7. The number of carbonyl (C=O) groups is 1. The van der Waals surface area contributed by atoms with Crippen molar-refractivity contribution in [2.24, 2.45) is 0 Å². The molecule has 5 nitrogen and oxygen atoms in total. The highest BCUT2D eigenvalue weighted by atomic mass is 16.3. The zero-order valence-corrected chi connectivity index (χ0v) is 35.4. The quantitative estimate of drug-likeness (QED) is 0.0370. The van der Waals surface area contributed by atoms with E-state index >= 15 is 0 Å². The summed E-state index contributed by atoms with van der Waals surface area (Å²) in [5, 5.41) is 33.2. The summed E-state index contributed by atoms with van der Waals surface area (Å²) in [6.07, 6.45) is 54.4. The van der Waals surface area contributed by atoms with Crippen molar-refractivity contribution in [3.05, 3.63) is 36.5 Å². The van der Waals surface area contributed by atoms with Crippen LogP contribution in [0.2, 0.25) is 0 Å². The van der Waals surface area contributed by atoms with Crippen LogP contribution in [0.25, 0.3) is 0 Å². The second-order valence-electron chi connectivity index (χ2n) is 16.0. The normalized spacial score (nSPS) is 13.8. The van der Waals surface area contributed by atoms with Gasteiger partial charge >= 0.3 is 0 Å². The van der Waals surface area contributed by atoms with Crippen LogP contribution in [0.15, 0.2) is 36.5 Å². The van der Waals surface area contributed by atoms with Gasteiger partial charge in [-0.05, 0) is 57.8 Å². The monoisotopic (exact) mass is 746 g/mol. The van der Waals surface area contributed by atoms with E-state index in [4.69, 9.17) is 0 Å². The minimum Gasteiger partial charge on any atom is -0.394 e. The van der Waals surface area contributed by atoms with Crippen LogP contribution in [0.5, 0.6) is 0 Å². The third-order valence-electron chi connectivity index (χ3n) is 10.6. The third kappa shape index (κ3) is 40.1. The fourth-order valence-electron chi connectivity index (χ4n) is 7.06. The van der Waals surface area contributed by atoms with Gasteiger partial charge in [0.1, 0.15) is 0 Å². The number of hydrogen-bond donors (Lipinski definition) is 4. The van der Waals surface area contributed by atoms with Crippen molar-refractivity contribution in [1.82, 2.24) is 5.32 Å². The van der Waals surface area contributed by atoms with Crippen LogP contribution >= 0.6 is 0 Å². The highest BCUT2D eigenvalue weighted by Crippen LogP contribution is 2.15. The molecule has 0 radical (unpaired) electrons. The number of aliphatic hydroxyl groups is 3. The Kier molecular flexibility index (Phi) is 42.1. The van der Waals surface area contributed by atoms with Crippen molar-refractivity contribution in [3.8, 4) is 0 Å². The van der Waals surface area contributed by atoms with E-state index in [1.807, 2.05) is 6.08 Å². The van der Waals surface area contributed by atoms with Gasteiger partial charge in [0.25, 0.3) is 0 Å². The predicted octanol–water partition coefficient (Wildman–Crippen LogP) is 13.5. The third-order valence-corrected chi connectivity index (χ3v) is 10.6. The summed E-state index contributed by atoms with van der Waals surface area (Å²) in [5.41, 5.74) is 0. The Hall–Kier alpha value is -1.43. The average molecular weight is 746 g/mol. The number of amides is 1. The number of allylic oxidation sites excluding steroid dienone is 5. The molecule has 4 N–H and O–H groups in total. The molecular weight excluding hydrogens is 655 g/mol. The lowest BCUT2D eigenvalue weighted by molar-refractivity contribution is -0.124. The SMILES string of the molecule is CCCCCCCCC/C=C/CC/C=C/C(O)C(CO)NC(=O)CC(O)CCCCCCCCCCC/C=C\CCCCCCCCCCCCCC. The molecule has 0 saturated carbocycles. The summed E-state index contributed by atoms with van der Waals surface area (Å²) in [6, 6.07) is -0.760. The number of carbonyl (C=O) groups excluding carboxylic acids is 1. The van der Waals surface area contributed by atoms with E-state index < -0.39 is 18.2 Å². The van der Waals surface area contributed by atoms with Gasteiger partial charge in [0.2, 0.25) is 5.91 Å². The van der Waals surface area contributed by atoms with E-state index in [1.165, 1.54) is 180 Å². The van der Waals surface area contributed by atoms with E-state index in [2.05, 4.69) is 43.5 Å². The van der Waals surface area contributed by atoms with Gasteiger partial charge in [-0.2, -0.15) is 0 Å². The first-order valence-corrected chi connectivity index (χ1v) is 23.3. The van der Waals surface area contributed by atoms with Crippen molar-refractivity contribution in [2.45, 2.75) is 257 Å². The lowest BCUT2D eigenvalue weighted by atomic mass is 10.0. The van der Waals surface area contributed by atoms with Crippen LogP contribution in [-0.2, 0) is 4.79 Å². The molecule has 0 aliphatic heterocycles. The van der Waals surface area contributed by atoms with Crippen molar-refractivity contribution in [1.29, 1.82) is 0 Å². The second-order valence-corrected chi connectivity index (χ2v) is 16.0. The van der Waals surface area contributed by atoms with Crippen LogP contribution in [-0.4, -0.2) is 46.1 Å². The number of hydrogen-bond acceptors (Lipinski definition) is 4. The van der Waals surface area contributed by atoms with Crippen LogP contribution in [0.1, 0.15) is 239 Å². The summed E-state index contributed by atoms with van der Waals surface area (Å²) < 4.78 is 0. The van der Waals surface area contributed by atoms with Gasteiger partial charge in [0.15, 0.2) is 0 Å². The molecule has 1 amide bonds. The summed E-state index contributed by atoms with van der Waals surface area (Å²) in [6.45, 7) is 4.20. The van der Waals surface area contributed by atoms with Crippen LogP contribution < -0.4 is 5.32 Å². The van der Waals surface area contributed by atoms with Crippen molar-refractivity contribution in [3.63, 3.8) is 0 Å². The first-order chi connectivity index (χ1) is 26.0. The number of nitrogens with one attached hydrogen (secondary N) is 1. The topological polar surface area (TPSA) is 89.8 Å². The molecule has 0 saturated heterocycles. The molecule has 0 rings (SSSR count). The average Bonchev–Trinajstić information content (AvgIpc) is 3.15. The predicted molar refractivity (Wildman–Crippen MR) is 231 cm³/mol. The Morgan fingerprint density at radius 3 is 1.21 bits per heavy atom. The Morgan fingerprint density at radius 1 is 0.472 bits per heavy atom. The molecule has 3 unspecified atom stereocenters. The molecule has 0 heterocycles. The largest absolute Gasteiger partial charge is 0.394 e. The lowest BCUT2D eigenvalue weighted by Gasteiger charge is -2.21. The van der Waals surface area contributed by atoms with Crippen LogP contribution in [0.4, 0.5) is 0 Å². The molecule has 3 atom stereocenters. The number of aliphatic hydroxyl groups excluding tert-OH is 3. The molecule has 0 bridgehead atoms. The van der Waals surface area contributed by atoms with Gasteiger partial charge in [-0.1, -0.05) is 211 Å². The molecule has 0 aromatic heterocycles. The molecule has 312 valence electrons. The Labute approximate surface area is 330 Å². The molecule has 0 fully saturated rings. The van der Waals surface area contributed by atoms with Gasteiger partial charge in [-0.25, -0.2) is 0 Å². The molecule has 0 aromatic rings. The first-order valence-electron chi connectivity index (χ1n) is 23.3. The minimum absolute atomic E-state index is 0.00502. The Balaban J connectivity index is 3.62. The number of rotatable bonds is 42. The highest BCUT2D eigenvalue weighted by Gasteiger charge is 2.20. The fraction of sp³-hybridized carbons (Fsp3) is 0.854. The molecule has 0 aliphatic rings. The maximum atomic E-state index is 12.4. The summed E-state index contributed by atoms with van der Waals surface area (Å²) >= 11 is 0. The van der Waals surface area contributed by atoms with E-state index in [0.29, 0.717) is 6.42 Å². The van der Waals surface area contributed by atoms with Gasteiger partial charge in [0.05, 0.1) is 31.3 Å². The molecular formula is C48H91NO4. The zero-order valence-electron chi connectivity index (χ0n) is 35.4. The standard InChI is InChI=1S/C48H91NO4/c1-3-5-7-9-11-13-15-17-18-19-20-21-22-23-24-25-26-27-28-30-31-33-35-37-39-41-45(51)43-48(53)49-46(44-50)47(52)42-40-38-36-34-32-29-16-14-12-10-8-6-4-2/h23-24,32,34,40,42,45-47,50-52H,3-22,25-31,33,35-39,41,43-44H2,1-2H3,(H,49,53)/b24-23-,34-32+,42-40+. The van der Waals surface area contributed by atoms with E-state index in [0.717, 1.165) is 32.1 Å². The summed E-state index contributed by atoms with van der Waals surface area (Å²) in [7, 11) is 0. The number of unbranched alkanes of at least 4 members (excludes halogenated alkanes) is 29. The van der Waals surface area contributed by atoms with E-state index in [-0.39, 0.29) is 18.9 Å². The van der Waals surface area contributed by atoms with Crippen molar-refractivity contribution in [2.75, 3.05) is 6.61 Å². The van der Waals surface area contributed by atoms with Gasteiger partial charge in [0, 0.05) is 0 Å². The van der Waals surface area contributed by atoms with Gasteiger partial charge < -0.3 is 20.6 Å². The van der Waals surface area contributed by atoms with Crippen LogP contribution in [0.3, 0.4) is 0 Å². The summed E-state index contributed by atoms with van der Waals surface area (Å²) in [5.74, 6) is -0.327. The van der Waals surface area contributed by atoms with E-state index in [9.17, 15) is 20.1 Å². The smallest absolute Gasteiger partial charge is 0.222 e. The first kappa shape index (κ1) is 51.6. The Morgan fingerprint density at radius 2 is 0.811 bits per heavy atom. The highest BCUT2D eigenvalue weighted by molar-refractivity contribution is 5.76. The second kappa shape index (κ2) is 43.3. The minimum atomic E-state index is -0.951. The van der Waals surface area contributed by atoms with Crippen LogP contribution in [0, 0.1) is 0 Å². The maximum Gasteiger partial charge on any atom is 0.222 e. The van der Waals surface area contributed by atoms with Gasteiger partial charge in [-0.3, -0.25) is 4.79 Å². The van der Waals surface area contributed by atoms with E-state index in [1.54, 1.807) is 6.08 Å². The molecule has 53 heavy (non-hydrogen) atoms. The Bertz CT molecular complexity index is 824. The molecule has 5 heteroatoms. The maximum absolute atomic E-state index is 12.4. The molecule has 0 spiro atoms. The fourth-order valence-corrected chi connectivity index (χ4v) is 7.06. The lowest BCUT2D eigenvalue weighted by Crippen LogP contribution is -2.45. The summed E-state index contributed by atoms with van der Waals surface area (Å²) in [4.78, 5) is 12.4. The molecule has 0 aliphatic carbocycles. The van der Waals surface area contributed by atoms with Gasteiger partial charge in [-0.15, -0.1) is 0 Å². The van der Waals surface area contributed by atoms with Crippen molar-refractivity contribution >= 4 is 5.91 Å². The molecule has 0 aromatic carbocycles.